The first-order valence-electron chi connectivity index (χ1n) is 7.87. The Morgan fingerprint density at radius 3 is 2.88 bits per heavy atom. The molecule has 24 heavy (non-hydrogen) atoms. The zero-order valence-electron chi connectivity index (χ0n) is 13.5. The van der Waals surface area contributed by atoms with E-state index in [2.05, 4.69) is 30.1 Å². The van der Waals surface area contributed by atoms with E-state index in [-0.39, 0.29) is 11.8 Å². The zero-order valence-corrected chi connectivity index (χ0v) is 14.3. The Balaban J connectivity index is 1.56. The van der Waals surface area contributed by atoms with Crippen LogP contribution in [0, 0.1) is 13.8 Å². The summed E-state index contributed by atoms with van der Waals surface area (Å²) in [4.78, 5) is 19.7. The molecule has 0 bridgehead atoms. The highest BCUT2D eigenvalue weighted by Crippen LogP contribution is 2.33. The normalized spacial score (nSPS) is 17.7. The van der Waals surface area contributed by atoms with Crippen molar-refractivity contribution in [3.8, 4) is 10.7 Å². The molecule has 0 radical (unpaired) electrons. The minimum atomic E-state index is -0.0553. The van der Waals surface area contributed by atoms with Crippen molar-refractivity contribution < 1.29 is 9.32 Å². The number of anilines is 1. The average Bonchev–Trinajstić information content (AvgIpc) is 3.28. The third kappa shape index (κ3) is 2.63. The van der Waals surface area contributed by atoms with Crippen molar-refractivity contribution in [2.24, 2.45) is 0 Å². The molecular weight excluding hydrogens is 322 g/mol. The second-order valence-electron chi connectivity index (χ2n) is 6.11. The highest BCUT2D eigenvalue weighted by Gasteiger charge is 2.35. The van der Waals surface area contributed by atoms with Crippen LogP contribution in [0.15, 0.2) is 40.2 Å². The van der Waals surface area contributed by atoms with E-state index in [1.165, 1.54) is 11.1 Å². The van der Waals surface area contributed by atoms with Gasteiger partial charge in [0.25, 0.3) is 0 Å². The fraction of sp³-hybridized carbons (Fsp3) is 0.278. The van der Waals surface area contributed by atoms with Gasteiger partial charge in [0.15, 0.2) is 0 Å². The van der Waals surface area contributed by atoms with Crippen molar-refractivity contribution in [3.05, 3.63) is 52.7 Å². The van der Waals surface area contributed by atoms with Gasteiger partial charge < -0.3 is 9.42 Å². The van der Waals surface area contributed by atoms with E-state index < -0.39 is 0 Å². The number of nitrogens with zero attached hydrogens (tertiary/aromatic N) is 3. The molecule has 0 unspecified atom stereocenters. The topological polar surface area (TPSA) is 59.2 Å². The van der Waals surface area contributed by atoms with Gasteiger partial charge in [-0.05, 0) is 48.6 Å². The molecule has 122 valence electrons. The van der Waals surface area contributed by atoms with Gasteiger partial charge in [-0.15, -0.1) is 11.3 Å². The summed E-state index contributed by atoms with van der Waals surface area (Å²) in [5.41, 5.74) is 3.34. The maximum absolute atomic E-state index is 12.4. The minimum absolute atomic E-state index is 0.0553. The van der Waals surface area contributed by atoms with Crippen molar-refractivity contribution in [2.45, 2.75) is 26.2 Å². The Hall–Kier alpha value is -2.47. The van der Waals surface area contributed by atoms with Crippen LogP contribution in [0.1, 0.15) is 29.4 Å². The monoisotopic (exact) mass is 339 g/mol. The molecule has 1 amide bonds. The van der Waals surface area contributed by atoms with E-state index in [9.17, 15) is 4.79 Å². The Morgan fingerprint density at radius 1 is 1.25 bits per heavy atom. The number of hydrogen-bond acceptors (Lipinski definition) is 5. The summed E-state index contributed by atoms with van der Waals surface area (Å²) >= 11 is 1.57. The lowest BCUT2D eigenvalue weighted by Gasteiger charge is -2.17. The summed E-state index contributed by atoms with van der Waals surface area (Å²) in [5, 5.41) is 6.02. The van der Waals surface area contributed by atoms with Crippen molar-refractivity contribution in [1.29, 1.82) is 0 Å². The fourth-order valence-electron chi connectivity index (χ4n) is 2.92. The quantitative estimate of drug-likeness (QED) is 0.725. The number of thiophene rings is 1. The van der Waals surface area contributed by atoms with Crippen molar-refractivity contribution in [3.63, 3.8) is 0 Å². The molecule has 0 saturated carbocycles. The Morgan fingerprint density at radius 2 is 2.12 bits per heavy atom. The smallest absolute Gasteiger partial charge is 0.232 e. The number of amides is 1. The van der Waals surface area contributed by atoms with Gasteiger partial charge in [0.05, 0.1) is 10.8 Å². The van der Waals surface area contributed by atoms with Crippen LogP contribution >= 0.6 is 11.3 Å². The lowest BCUT2D eigenvalue weighted by molar-refractivity contribution is -0.117. The van der Waals surface area contributed by atoms with Crippen LogP contribution in [0.3, 0.4) is 0 Å². The van der Waals surface area contributed by atoms with Crippen molar-refractivity contribution in [2.75, 3.05) is 11.4 Å². The van der Waals surface area contributed by atoms with Crippen LogP contribution in [0.2, 0.25) is 0 Å². The second kappa shape index (κ2) is 5.87. The van der Waals surface area contributed by atoms with Gasteiger partial charge >= 0.3 is 0 Å². The number of aryl methyl sites for hydroxylation is 2. The third-order valence-electron chi connectivity index (χ3n) is 4.46. The number of aromatic nitrogens is 2. The lowest BCUT2D eigenvalue weighted by atomic mass is 10.1. The van der Waals surface area contributed by atoms with Gasteiger partial charge in [0.2, 0.25) is 17.6 Å². The second-order valence-corrected chi connectivity index (χ2v) is 7.06. The summed E-state index contributed by atoms with van der Waals surface area (Å²) in [6.45, 7) is 4.70. The first-order chi connectivity index (χ1) is 11.6. The van der Waals surface area contributed by atoms with E-state index in [1.807, 2.05) is 34.5 Å². The SMILES string of the molecule is Cc1ccc(N2C[C@@H](c3nc(-c4cccs4)no3)CC2=O)cc1C. The van der Waals surface area contributed by atoms with Gasteiger partial charge in [-0.25, -0.2) is 0 Å². The number of carbonyl (C=O) groups is 1. The first kappa shape index (κ1) is 15.1. The van der Waals surface area contributed by atoms with Crippen LogP contribution in [0.4, 0.5) is 5.69 Å². The Bertz CT molecular complexity index is 886. The predicted molar refractivity (Wildman–Crippen MR) is 93.2 cm³/mol. The minimum Gasteiger partial charge on any atom is -0.339 e. The van der Waals surface area contributed by atoms with Gasteiger partial charge in [-0.2, -0.15) is 4.98 Å². The number of benzene rings is 1. The van der Waals surface area contributed by atoms with Crippen molar-refractivity contribution in [1.82, 2.24) is 10.1 Å². The molecule has 1 saturated heterocycles. The molecular formula is C18H17N3O2S. The molecule has 1 aliphatic heterocycles. The van der Waals surface area contributed by atoms with Gasteiger partial charge in [-0.1, -0.05) is 17.3 Å². The van der Waals surface area contributed by atoms with Crippen LogP contribution < -0.4 is 4.90 Å². The standard InChI is InChI=1S/C18H17N3O2S/c1-11-5-6-14(8-12(11)2)21-10-13(9-16(21)22)18-19-17(20-23-18)15-4-3-7-24-15/h3-8,13H,9-10H2,1-2H3/t13-/m0/s1. The molecule has 2 aromatic heterocycles. The van der Waals surface area contributed by atoms with Gasteiger partial charge in [0.1, 0.15) is 0 Å². The Kier molecular flexibility index (Phi) is 3.69. The number of rotatable bonds is 3. The summed E-state index contributed by atoms with van der Waals surface area (Å²) in [6, 6.07) is 10.0. The average molecular weight is 339 g/mol. The van der Waals surface area contributed by atoms with E-state index in [1.54, 1.807) is 11.3 Å². The van der Waals surface area contributed by atoms with E-state index >= 15 is 0 Å². The summed E-state index contributed by atoms with van der Waals surface area (Å²) in [5.74, 6) is 1.18. The van der Waals surface area contributed by atoms with Crippen LogP contribution in [-0.4, -0.2) is 22.6 Å². The molecule has 3 aromatic rings. The lowest BCUT2D eigenvalue weighted by Crippen LogP contribution is -2.24. The van der Waals surface area contributed by atoms with E-state index in [0.29, 0.717) is 24.7 Å². The number of hydrogen-bond donors (Lipinski definition) is 0. The molecule has 1 aromatic carbocycles. The molecule has 3 heterocycles. The molecule has 6 heteroatoms. The molecule has 1 atom stereocenters. The van der Waals surface area contributed by atoms with Gasteiger partial charge in [-0.3, -0.25) is 4.79 Å². The molecule has 0 spiro atoms. The zero-order chi connectivity index (χ0) is 16.7. The number of carbonyl (C=O) groups excluding carboxylic acids is 1. The largest absolute Gasteiger partial charge is 0.339 e. The summed E-state index contributed by atoms with van der Waals surface area (Å²) in [6.07, 6.45) is 0.402. The van der Waals surface area contributed by atoms with E-state index in [0.717, 1.165) is 10.6 Å². The fourth-order valence-corrected chi connectivity index (χ4v) is 3.57. The van der Waals surface area contributed by atoms with Crippen LogP contribution in [-0.2, 0) is 4.79 Å². The highest BCUT2D eigenvalue weighted by molar-refractivity contribution is 7.13. The molecule has 0 N–H and O–H groups in total. The van der Waals surface area contributed by atoms with Crippen LogP contribution in [0.5, 0.6) is 0 Å². The maximum Gasteiger partial charge on any atom is 0.232 e. The molecule has 1 fully saturated rings. The molecule has 0 aliphatic carbocycles. The summed E-state index contributed by atoms with van der Waals surface area (Å²) < 4.78 is 5.41. The predicted octanol–water partition coefficient (Wildman–Crippen LogP) is 3.94. The summed E-state index contributed by atoms with van der Waals surface area (Å²) in [7, 11) is 0. The molecule has 1 aliphatic rings. The highest BCUT2D eigenvalue weighted by atomic mass is 32.1. The molecule has 4 rings (SSSR count). The maximum atomic E-state index is 12.4. The van der Waals surface area contributed by atoms with Crippen LogP contribution in [0.25, 0.3) is 10.7 Å². The van der Waals surface area contributed by atoms with Gasteiger partial charge in [0, 0.05) is 18.7 Å². The first-order valence-corrected chi connectivity index (χ1v) is 8.75. The molecule has 5 nitrogen and oxygen atoms in total. The third-order valence-corrected chi connectivity index (χ3v) is 5.33. The van der Waals surface area contributed by atoms with Crippen molar-refractivity contribution >= 4 is 22.9 Å². The Labute approximate surface area is 143 Å². The van der Waals surface area contributed by atoms with E-state index in [4.69, 9.17) is 4.52 Å².